The topological polar surface area (TPSA) is 15.3 Å². The molecule has 2 nitrogen and oxygen atoms in total. The van der Waals surface area contributed by atoms with Crippen molar-refractivity contribution in [3.8, 4) is 0 Å². The lowest BCUT2D eigenvalue weighted by atomic mass is 9.79. The predicted octanol–water partition coefficient (Wildman–Crippen LogP) is 3.67. The maximum absolute atomic E-state index is 3.61. The first-order valence-corrected chi connectivity index (χ1v) is 8.69. The lowest BCUT2D eigenvalue weighted by Crippen LogP contribution is -2.34. The predicted molar refractivity (Wildman–Crippen MR) is 83.5 cm³/mol. The van der Waals surface area contributed by atoms with Crippen molar-refractivity contribution in [3.05, 3.63) is 0 Å². The zero-order valence-corrected chi connectivity index (χ0v) is 13.2. The quantitative estimate of drug-likeness (QED) is 0.685. The molecule has 2 aliphatic carbocycles. The first-order chi connectivity index (χ1) is 9.28. The van der Waals surface area contributed by atoms with E-state index in [1.54, 1.807) is 0 Å². The van der Waals surface area contributed by atoms with Crippen molar-refractivity contribution in [2.45, 2.75) is 70.8 Å². The van der Waals surface area contributed by atoms with Gasteiger partial charge in [0.1, 0.15) is 0 Å². The third-order valence-corrected chi connectivity index (χ3v) is 5.01. The number of hydrogen-bond acceptors (Lipinski definition) is 2. The molecule has 0 unspecified atom stereocenters. The summed E-state index contributed by atoms with van der Waals surface area (Å²) in [7, 11) is 2.30. The van der Waals surface area contributed by atoms with Gasteiger partial charge in [0.2, 0.25) is 0 Å². The molecular formula is C17H34N2. The molecule has 112 valence electrons. The largest absolute Gasteiger partial charge is 0.313 e. The number of nitrogens with one attached hydrogen (secondary N) is 1. The van der Waals surface area contributed by atoms with E-state index in [-0.39, 0.29) is 0 Å². The van der Waals surface area contributed by atoms with Gasteiger partial charge in [0.25, 0.3) is 0 Å². The molecule has 0 aromatic heterocycles. The molecular weight excluding hydrogens is 232 g/mol. The monoisotopic (exact) mass is 266 g/mol. The average molecular weight is 266 g/mol. The second-order valence-electron chi connectivity index (χ2n) is 7.02. The number of likely N-dealkylation sites (N-methyl/N-ethyl adjacent to an activating group) is 1. The first-order valence-electron chi connectivity index (χ1n) is 8.69. The van der Waals surface area contributed by atoms with Gasteiger partial charge in [0.15, 0.2) is 0 Å². The van der Waals surface area contributed by atoms with E-state index in [1.165, 1.54) is 77.4 Å². The second-order valence-corrected chi connectivity index (χ2v) is 7.02. The molecule has 0 heterocycles. The van der Waals surface area contributed by atoms with Crippen LogP contribution in [0.15, 0.2) is 0 Å². The van der Waals surface area contributed by atoms with Gasteiger partial charge >= 0.3 is 0 Å². The highest BCUT2D eigenvalue weighted by Gasteiger charge is 2.22. The van der Waals surface area contributed by atoms with Crippen LogP contribution < -0.4 is 5.32 Å². The molecule has 0 saturated heterocycles. The molecule has 0 aromatic rings. The van der Waals surface area contributed by atoms with E-state index in [0.29, 0.717) is 0 Å². The smallest absolute Gasteiger partial charge is 0.0104 e. The molecule has 0 aliphatic heterocycles. The minimum absolute atomic E-state index is 0.863. The first kappa shape index (κ1) is 15.3. The summed E-state index contributed by atoms with van der Waals surface area (Å²) in [6.45, 7) is 6.06. The Morgan fingerprint density at radius 1 is 1.00 bits per heavy atom. The molecule has 2 rings (SSSR count). The summed E-state index contributed by atoms with van der Waals surface area (Å²) < 4.78 is 0. The van der Waals surface area contributed by atoms with E-state index >= 15 is 0 Å². The molecule has 0 radical (unpaired) electrons. The molecule has 2 heteroatoms. The van der Waals surface area contributed by atoms with Crippen molar-refractivity contribution >= 4 is 0 Å². The Hall–Kier alpha value is -0.0800. The molecule has 2 fully saturated rings. The van der Waals surface area contributed by atoms with Crippen LogP contribution in [0.1, 0.15) is 64.7 Å². The van der Waals surface area contributed by atoms with Gasteiger partial charge in [0.05, 0.1) is 0 Å². The second kappa shape index (κ2) is 8.26. The molecule has 2 saturated carbocycles. The highest BCUT2D eigenvalue weighted by Crippen LogP contribution is 2.32. The Morgan fingerprint density at radius 3 is 2.32 bits per heavy atom. The summed E-state index contributed by atoms with van der Waals surface area (Å²) >= 11 is 0. The normalized spacial score (nSPS) is 27.9. The van der Waals surface area contributed by atoms with Gasteiger partial charge in [-0.1, -0.05) is 39.0 Å². The SMILES string of the molecule is CCCCC1CCC(CN(C)CCNC2CC2)CC1. The summed E-state index contributed by atoms with van der Waals surface area (Å²) in [5.41, 5.74) is 0. The zero-order chi connectivity index (χ0) is 13.5. The van der Waals surface area contributed by atoms with Crippen LogP contribution in [-0.2, 0) is 0 Å². The van der Waals surface area contributed by atoms with Crippen LogP contribution in [0.4, 0.5) is 0 Å². The van der Waals surface area contributed by atoms with Gasteiger partial charge in [0, 0.05) is 25.7 Å². The fourth-order valence-corrected chi connectivity index (χ4v) is 3.47. The molecule has 19 heavy (non-hydrogen) atoms. The van der Waals surface area contributed by atoms with Crippen LogP contribution in [0.3, 0.4) is 0 Å². The van der Waals surface area contributed by atoms with Crippen LogP contribution in [0, 0.1) is 11.8 Å². The van der Waals surface area contributed by atoms with Crippen molar-refractivity contribution < 1.29 is 0 Å². The van der Waals surface area contributed by atoms with Crippen molar-refractivity contribution in [3.63, 3.8) is 0 Å². The van der Waals surface area contributed by atoms with E-state index in [0.717, 1.165) is 17.9 Å². The summed E-state index contributed by atoms with van der Waals surface area (Å²) in [6.07, 6.45) is 13.1. The highest BCUT2D eigenvalue weighted by molar-refractivity contribution is 4.81. The van der Waals surface area contributed by atoms with Crippen molar-refractivity contribution in [2.75, 3.05) is 26.7 Å². The third kappa shape index (κ3) is 6.27. The van der Waals surface area contributed by atoms with Crippen LogP contribution in [0.2, 0.25) is 0 Å². The molecule has 0 amide bonds. The van der Waals surface area contributed by atoms with E-state index < -0.39 is 0 Å². The lowest BCUT2D eigenvalue weighted by Gasteiger charge is -2.31. The third-order valence-electron chi connectivity index (χ3n) is 5.01. The molecule has 0 aromatic carbocycles. The summed E-state index contributed by atoms with van der Waals surface area (Å²) in [6, 6.07) is 0.863. The lowest BCUT2D eigenvalue weighted by molar-refractivity contribution is 0.197. The highest BCUT2D eigenvalue weighted by atomic mass is 15.1. The number of rotatable bonds is 9. The van der Waals surface area contributed by atoms with Crippen molar-refractivity contribution in [2.24, 2.45) is 11.8 Å². The average Bonchev–Trinajstić information content (AvgIpc) is 3.22. The Bertz CT molecular complexity index is 229. The van der Waals surface area contributed by atoms with Gasteiger partial charge in [-0.3, -0.25) is 0 Å². The Kier molecular flexibility index (Phi) is 6.66. The van der Waals surface area contributed by atoms with Gasteiger partial charge in [-0.25, -0.2) is 0 Å². The number of hydrogen-bond donors (Lipinski definition) is 1. The van der Waals surface area contributed by atoms with Gasteiger partial charge < -0.3 is 10.2 Å². The summed E-state index contributed by atoms with van der Waals surface area (Å²) in [5.74, 6) is 2.03. The zero-order valence-electron chi connectivity index (χ0n) is 13.2. The summed E-state index contributed by atoms with van der Waals surface area (Å²) in [5, 5.41) is 3.61. The Balaban J connectivity index is 1.51. The van der Waals surface area contributed by atoms with Gasteiger partial charge in [-0.05, 0) is 44.6 Å². The Labute approximate surface area is 120 Å². The van der Waals surface area contributed by atoms with Crippen LogP contribution in [0.25, 0.3) is 0 Å². The fraction of sp³-hybridized carbons (Fsp3) is 1.00. The van der Waals surface area contributed by atoms with E-state index in [2.05, 4.69) is 24.2 Å². The fourth-order valence-electron chi connectivity index (χ4n) is 3.47. The standard InChI is InChI=1S/C17H34N2/c1-3-4-5-15-6-8-16(9-7-15)14-19(2)13-12-18-17-10-11-17/h15-18H,3-14H2,1-2H3. The molecule has 0 bridgehead atoms. The maximum Gasteiger partial charge on any atom is 0.0104 e. The molecule has 0 spiro atoms. The van der Waals surface area contributed by atoms with Crippen molar-refractivity contribution in [1.82, 2.24) is 10.2 Å². The van der Waals surface area contributed by atoms with Crippen molar-refractivity contribution in [1.29, 1.82) is 0 Å². The minimum Gasteiger partial charge on any atom is -0.313 e. The van der Waals surface area contributed by atoms with Crippen LogP contribution in [-0.4, -0.2) is 37.6 Å². The molecule has 2 aliphatic rings. The van der Waals surface area contributed by atoms with Crippen LogP contribution in [0.5, 0.6) is 0 Å². The summed E-state index contributed by atoms with van der Waals surface area (Å²) in [4.78, 5) is 2.55. The molecule has 0 atom stereocenters. The maximum atomic E-state index is 3.61. The van der Waals surface area contributed by atoms with E-state index in [9.17, 15) is 0 Å². The molecule has 1 N–H and O–H groups in total. The van der Waals surface area contributed by atoms with E-state index in [1.807, 2.05) is 0 Å². The number of unbranched alkanes of at least 4 members (excludes halogenated alkanes) is 1. The number of nitrogens with zero attached hydrogens (tertiary/aromatic N) is 1. The van der Waals surface area contributed by atoms with Gasteiger partial charge in [-0.15, -0.1) is 0 Å². The Morgan fingerprint density at radius 2 is 1.68 bits per heavy atom. The van der Waals surface area contributed by atoms with Crippen LogP contribution >= 0.6 is 0 Å². The van der Waals surface area contributed by atoms with E-state index in [4.69, 9.17) is 0 Å². The van der Waals surface area contributed by atoms with Gasteiger partial charge in [-0.2, -0.15) is 0 Å². The minimum atomic E-state index is 0.863.